The fourth-order valence-electron chi connectivity index (χ4n) is 2.08. The fourth-order valence-corrected chi connectivity index (χ4v) is 2.08. The fraction of sp³-hybridized carbons (Fsp3) is 0.412. The number of amides is 2. The lowest BCUT2D eigenvalue weighted by Gasteiger charge is -2.25. The number of hydrogen-bond donors (Lipinski definition) is 3. The number of aliphatic hydroxyl groups is 1. The SMILES string of the molecule is CCC(O)(CC)CNC(=O)NCc1coc(-c2ccccc2)n1. The number of rotatable bonds is 7. The van der Waals surface area contributed by atoms with E-state index in [-0.39, 0.29) is 19.1 Å². The van der Waals surface area contributed by atoms with Gasteiger partial charge >= 0.3 is 6.03 Å². The minimum absolute atomic E-state index is 0.222. The van der Waals surface area contributed by atoms with Crippen LogP contribution in [0.15, 0.2) is 41.0 Å². The van der Waals surface area contributed by atoms with E-state index >= 15 is 0 Å². The average molecular weight is 317 g/mol. The van der Waals surface area contributed by atoms with Crippen LogP contribution in [-0.4, -0.2) is 28.3 Å². The number of carbonyl (C=O) groups excluding carboxylic acids is 1. The van der Waals surface area contributed by atoms with Crippen molar-refractivity contribution in [3.8, 4) is 11.5 Å². The minimum atomic E-state index is -0.855. The normalized spacial score (nSPS) is 11.3. The molecule has 3 N–H and O–H groups in total. The zero-order valence-corrected chi connectivity index (χ0v) is 13.5. The van der Waals surface area contributed by atoms with Crippen LogP contribution in [0.5, 0.6) is 0 Å². The summed E-state index contributed by atoms with van der Waals surface area (Å²) in [6.45, 7) is 4.27. The van der Waals surface area contributed by atoms with Crippen LogP contribution in [0.3, 0.4) is 0 Å². The topological polar surface area (TPSA) is 87.4 Å². The highest BCUT2D eigenvalue weighted by Gasteiger charge is 2.22. The Kier molecular flexibility index (Phi) is 5.76. The Labute approximate surface area is 135 Å². The van der Waals surface area contributed by atoms with E-state index in [1.165, 1.54) is 6.26 Å². The lowest BCUT2D eigenvalue weighted by molar-refractivity contribution is 0.0349. The number of oxazole rings is 1. The van der Waals surface area contributed by atoms with Crippen LogP contribution >= 0.6 is 0 Å². The molecule has 0 aliphatic carbocycles. The molecule has 6 nitrogen and oxygen atoms in total. The van der Waals surface area contributed by atoms with Crippen molar-refractivity contribution < 1.29 is 14.3 Å². The molecule has 124 valence electrons. The van der Waals surface area contributed by atoms with Crippen molar-refractivity contribution in [3.05, 3.63) is 42.3 Å². The molecule has 6 heteroatoms. The second kappa shape index (κ2) is 7.78. The molecule has 1 heterocycles. The highest BCUT2D eigenvalue weighted by molar-refractivity contribution is 5.73. The number of nitrogens with one attached hydrogen (secondary N) is 2. The van der Waals surface area contributed by atoms with Gasteiger partial charge in [-0.3, -0.25) is 0 Å². The van der Waals surface area contributed by atoms with Gasteiger partial charge in [0.2, 0.25) is 5.89 Å². The molecule has 1 aromatic carbocycles. The van der Waals surface area contributed by atoms with Crippen LogP contribution in [-0.2, 0) is 6.54 Å². The summed E-state index contributed by atoms with van der Waals surface area (Å²) in [5, 5.41) is 15.5. The van der Waals surface area contributed by atoms with E-state index in [2.05, 4.69) is 15.6 Å². The number of benzene rings is 1. The monoisotopic (exact) mass is 317 g/mol. The van der Waals surface area contributed by atoms with Gasteiger partial charge < -0.3 is 20.2 Å². The van der Waals surface area contributed by atoms with Crippen LogP contribution in [0.2, 0.25) is 0 Å². The Hall–Kier alpha value is -2.34. The molecule has 2 amide bonds. The van der Waals surface area contributed by atoms with Crippen molar-refractivity contribution >= 4 is 6.03 Å². The number of nitrogens with zero attached hydrogens (tertiary/aromatic N) is 1. The van der Waals surface area contributed by atoms with Gasteiger partial charge in [0.25, 0.3) is 0 Å². The van der Waals surface area contributed by atoms with Crippen LogP contribution in [0.4, 0.5) is 4.79 Å². The summed E-state index contributed by atoms with van der Waals surface area (Å²) in [6.07, 6.45) is 2.71. The number of hydrogen-bond acceptors (Lipinski definition) is 4. The average Bonchev–Trinajstić information content (AvgIpc) is 3.07. The van der Waals surface area contributed by atoms with Gasteiger partial charge in [0.05, 0.1) is 17.8 Å². The summed E-state index contributed by atoms with van der Waals surface area (Å²) < 4.78 is 5.41. The van der Waals surface area contributed by atoms with Crippen LogP contribution in [0.1, 0.15) is 32.4 Å². The standard InChI is InChI=1S/C17H23N3O3/c1-3-17(22,4-2)12-19-16(21)18-10-14-11-23-15(20-14)13-8-6-5-7-9-13/h5-9,11,22H,3-4,10,12H2,1-2H3,(H2,18,19,21). The largest absolute Gasteiger partial charge is 0.444 e. The van der Waals surface area contributed by atoms with Gasteiger partial charge in [0.15, 0.2) is 0 Å². The van der Waals surface area contributed by atoms with Gasteiger partial charge in [-0.25, -0.2) is 9.78 Å². The van der Waals surface area contributed by atoms with Crippen molar-refractivity contribution in [2.75, 3.05) is 6.54 Å². The smallest absolute Gasteiger partial charge is 0.315 e. The Morgan fingerprint density at radius 2 is 1.91 bits per heavy atom. The van der Waals surface area contributed by atoms with E-state index in [9.17, 15) is 9.90 Å². The molecular weight excluding hydrogens is 294 g/mol. The molecular formula is C17H23N3O3. The third-order valence-corrected chi connectivity index (χ3v) is 3.90. The molecule has 0 fully saturated rings. The predicted octanol–water partition coefficient (Wildman–Crippen LogP) is 2.69. The molecule has 0 saturated carbocycles. The van der Waals surface area contributed by atoms with Gasteiger partial charge in [0, 0.05) is 12.1 Å². The molecule has 0 unspecified atom stereocenters. The van der Waals surface area contributed by atoms with E-state index in [1.807, 2.05) is 44.2 Å². The van der Waals surface area contributed by atoms with Crippen molar-refractivity contribution in [3.63, 3.8) is 0 Å². The molecule has 0 radical (unpaired) electrons. The molecule has 0 spiro atoms. The lowest BCUT2D eigenvalue weighted by atomic mass is 9.98. The summed E-state index contributed by atoms with van der Waals surface area (Å²) in [7, 11) is 0. The van der Waals surface area contributed by atoms with E-state index in [0.717, 1.165) is 5.56 Å². The summed E-state index contributed by atoms with van der Waals surface area (Å²) in [4.78, 5) is 16.1. The predicted molar refractivity (Wildman–Crippen MR) is 87.7 cm³/mol. The van der Waals surface area contributed by atoms with E-state index in [0.29, 0.717) is 24.4 Å². The highest BCUT2D eigenvalue weighted by Crippen LogP contribution is 2.17. The molecule has 0 aliphatic rings. The van der Waals surface area contributed by atoms with Crippen LogP contribution in [0.25, 0.3) is 11.5 Å². The molecule has 2 rings (SSSR count). The van der Waals surface area contributed by atoms with Gasteiger partial charge in [-0.2, -0.15) is 0 Å². The van der Waals surface area contributed by atoms with Gasteiger partial charge in [-0.15, -0.1) is 0 Å². The molecule has 1 aromatic heterocycles. The quantitative estimate of drug-likeness (QED) is 0.732. The van der Waals surface area contributed by atoms with Crippen molar-refractivity contribution in [1.82, 2.24) is 15.6 Å². The summed E-state index contributed by atoms with van der Waals surface area (Å²) >= 11 is 0. The van der Waals surface area contributed by atoms with E-state index in [1.54, 1.807) is 0 Å². The second-order valence-corrected chi connectivity index (χ2v) is 5.48. The Morgan fingerprint density at radius 1 is 1.22 bits per heavy atom. The first kappa shape index (κ1) is 17.0. The highest BCUT2D eigenvalue weighted by atomic mass is 16.3. The Balaban J connectivity index is 1.82. The van der Waals surface area contributed by atoms with E-state index in [4.69, 9.17) is 4.42 Å². The third-order valence-electron chi connectivity index (χ3n) is 3.90. The molecule has 0 saturated heterocycles. The zero-order valence-electron chi connectivity index (χ0n) is 13.5. The molecule has 0 aliphatic heterocycles. The first-order valence-corrected chi connectivity index (χ1v) is 7.80. The maximum absolute atomic E-state index is 11.8. The van der Waals surface area contributed by atoms with Crippen molar-refractivity contribution in [2.45, 2.75) is 38.8 Å². The van der Waals surface area contributed by atoms with Crippen molar-refractivity contribution in [2.24, 2.45) is 0 Å². The van der Waals surface area contributed by atoms with Crippen molar-refractivity contribution in [1.29, 1.82) is 0 Å². The Morgan fingerprint density at radius 3 is 2.57 bits per heavy atom. The zero-order chi connectivity index (χ0) is 16.7. The Bertz CT molecular complexity index is 621. The third kappa shape index (κ3) is 4.82. The second-order valence-electron chi connectivity index (χ2n) is 5.48. The summed E-state index contributed by atoms with van der Waals surface area (Å²) in [6, 6.07) is 9.22. The maximum atomic E-state index is 11.8. The van der Waals surface area contributed by atoms with Gasteiger partial charge in [-0.1, -0.05) is 32.0 Å². The van der Waals surface area contributed by atoms with Gasteiger partial charge in [0.1, 0.15) is 6.26 Å². The van der Waals surface area contributed by atoms with Crippen LogP contribution < -0.4 is 10.6 Å². The molecule has 0 atom stereocenters. The van der Waals surface area contributed by atoms with Gasteiger partial charge in [-0.05, 0) is 25.0 Å². The summed E-state index contributed by atoms with van der Waals surface area (Å²) in [5.41, 5.74) is 0.672. The maximum Gasteiger partial charge on any atom is 0.315 e. The lowest BCUT2D eigenvalue weighted by Crippen LogP contribution is -2.45. The number of carbonyl (C=O) groups is 1. The molecule has 23 heavy (non-hydrogen) atoms. The van der Waals surface area contributed by atoms with E-state index < -0.39 is 5.60 Å². The molecule has 2 aromatic rings. The number of aromatic nitrogens is 1. The minimum Gasteiger partial charge on any atom is -0.444 e. The molecule has 0 bridgehead atoms. The first-order chi connectivity index (χ1) is 11.1. The first-order valence-electron chi connectivity index (χ1n) is 7.80. The summed E-state index contributed by atoms with van der Waals surface area (Å²) in [5.74, 6) is 0.522. The van der Waals surface area contributed by atoms with Crippen LogP contribution in [0, 0.1) is 0 Å². The number of urea groups is 1.